The summed E-state index contributed by atoms with van der Waals surface area (Å²) < 4.78 is 50.0. The van der Waals surface area contributed by atoms with Crippen LogP contribution in [0.1, 0.15) is 9.78 Å². The van der Waals surface area contributed by atoms with Gasteiger partial charge in [0, 0.05) is 20.8 Å². The molecule has 0 saturated carbocycles. The van der Waals surface area contributed by atoms with Crippen molar-refractivity contribution in [3.63, 3.8) is 0 Å². The molecule has 0 radical (unpaired) electrons. The van der Waals surface area contributed by atoms with Crippen molar-refractivity contribution in [1.82, 2.24) is 20.3 Å². The molecule has 1 amide bonds. The first-order chi connectivity index (χ1) is 11.3. The highest BCUT2D eigenvalue weighted by Gasteiger charge is 2.29. The normalized spacial score (nSPS) is 12.5. The van der Waals surface area contributed by atoms with Gasteiger partial charge in [0.05, 0.1) is 6.20 Å². The van der Waals surface area contributed by atoms with Gasteiger partial charge < -0.3 is 10.6 Å². The van der Waals surface area contributed by atoms with E-state index < -0.39 is 30.5 Å². The molecule has 0 bridgehead atoms. The molecular formula is C14H17F4N5O. The lowest BCUT2D eigenvalue weighted by Gasteiger charge is -2.16. The number of alkyl halides is 3. The Hall–Kier alpha value is -2.78. The fourth-order valence-electron chi connectivity index (χ4n) is 1.71. The van der Waals surface area contributed by atoms with Crippen molar-refractivity contribution in [3.8, 4) is 11.4 Å². The first kappa shape index (κ1) is 17.6. The fraction of sp³-hybridized carbons (Fsp3) is 0.286. The standard InChI is InChI=1S/C14H13F4N5O.2H2/c1-8(13(24)21-7-14(16,17)18)22-12-10(15)6-20-11(23-12)9-3-2-4-19-5-9;;/h2-6,8H,7H2,1H3,(H,21,24)(H,20,22,23);2*1H/t8-;;/m1../s1. The number of anilines is 1. The molecule has 1 atom stereocenters. The molecule has 0 aliphatic carbocycles. The number of hydrogen-bond donors (Lipinski definition) is 2. The monoisotopic (exact) mass is 347 g/mol. The minimum absolute atomic E-state index is 0. The Morgan fingerprint density at radius 2 is 2.12 bits per heavy atom. The minimum atomic E-state index is -4.52. The quantitative estimate of drug-likeness (QED) is 0.813. The van der Waals surface area contributed by atoms with Gasteiger partial charge in [-0.15, -0.1) is 0 Å². The lowest BCUT2D eigenvalue weighted by Crippen LogP contribution is -2.42. The van der Waals surface area contributed by atoms with Gasteiger partial charge in [0.1, 0.15) is 12.6 Å². The lowest BCUT2D eigenvalue weighted by molar-refractivity contribution is -0.138. The van der Waals surface area contributed by atoms with E-state index in [9.17, 15) is 22.4 Å². The van der Waals surface area contributed by atoms with E-state index in [1.54, 1.807) is 23.6 Å². The number of carbonyl (C=O) groups is 1. The van der Waals surface area contributed by atoms with Crippen molar-refractivity contribution in [2.45, 2.75) is 19.1 Å². The van der Waals surface area contributed by atoms with Crippen LogP contribution in [-0.4, -0.2) is 39.6 Å². The van der Waals surface area contributed by atoms with E-state index in [0.29, 0.717) is 5.56 Å². The first-order valence-corrected chi connectivity index (χ1v) is 6.80. The van der Waals surface area contributed by atoms with E-state index in [2.05, 4.69) is 20.3 Å². The van der Waals surface area contributed by atoms with Crippen LogP contribution < -0.4 is 10.6 Å². The van der Waals surface area contributed by atoms with Gasteiger partial charge in [-0.25, -0.2) is 14.4 Å². The van der Waals surface area contributed by atoms with Crippen LogP contribution in [-0.2, 0) is 4.79 Å². The van der Waals surface area contributed by atoms with E-state index in [1.165, 1.54) is 13.1 Å². The largest absolute Gasteiger partial charge is 0.405 e. The SMILES string of the molecule is C[C@@H](Nc1nc(-c2cccnc2)ncc1F)C(=O)NCC(F)(F)F.[HH].[HH]. The maximum atomic E-state index is 13.8. The Bertz CT molecular complexity index is 718. The molecule has 6 nitrogen and oxygen atoms in total. The summed E-state index contributed by atoms with van der Waals surface area (Å²) >= 11 is 0. The number of nitrogens with zero attached hydrogens (tertiary/aromatic N) is 3. The molecule has 0 unspecified atom stereocenters. The maximum absolute atomic E-state index is 13.8. The summed E-state index contributed by atoms with van der Waals surface area (Å²) in [5.74, 6) is -1.90. The molecule has 0 saturated heterocycles. The Morgan fingerprint density at radius 1 is 1.38 bits per heavy atom. The van der Waals surface area contributed by atoms with Gasteiger partial charge in [0.15, 0.2) is 17.5 Å². The number of hydrogen-bond acceptors (Lipinski definition) is 5. The fourth-order valence-corrected chi connectivity index (χ4v) is 1.71. The second-order valence-electron chi connectivity index (χ2n) is 4.83. The number of aromatic nitrogens is 3. The van der Waals surface area contributed by atoms with E-state index in [1.807, 2.05) is 0 Å². The molecule has 0 aliphatic rings. The van der Waals surface area contributed by atoms with Gasteiger partial charge in [-0.1, -0.05) is 0 Å². The van der Waals surface area contributed by atoms with Crippen LogP contribution in [0.25, 0.3) is 11.4 Å². The lowest BCUT2D eigenvalue weighted by atomic mass is 10.2. The van der Waals surface area contributed by atoms with Gasteiger partial charge >= 0.3 is 6.18 Å². The Morgan fingerprint density at radius 3 is 2.75 bits per heavy atom. The third-order valence-electron chi connectivity index (χ3n) is 2.87. The first-order valence-electron chi connectivity index (χ1n) is 6.80. The number of amides is 1. The summed E-state index contributed by atoms with van der Waals surface area (Å²) in [4.78, 5) is 23.2. The highest BCUT2D eigenvalue weighted by atomic mass is 19.4. The molecule has 24 heavy (non-hydrogen) atoms. The Labute approximate surface area is 137 Å². The molecule has 0 aliphatic heterocycles. The number of carbonyl (C=O) groups excluding carboxylic acids is 1. The topological polar surface area (TPSA) is 79.8 Å². The zero-order valence-electron chi connectivity index (χ0n) is 12.4. The summed E-state index contributed by atoms with van der Waals surface area (Å²) in [6, 6.07) is 2.17. The molecule has 2 aromatic rings. The molecule has 10 heteroatoms. The number of pyridine rings is 1. The highest BCUT2D eigenvalue weighted by molar-refractivity contribution is 5.84. The molecule has 0 spiro atoms. The second kappa shape index (κ2) is 7.20. The summed E-state index contributed by atoms with van der Waals surface area (Å²) in [6.07, 6.45) is -0.614. The van der Waals surface area contributed by atoms with Crippen molar-refractivity contribution >= 4 is 11.7 Å². The number of nitrogens with one attached hydrogen (secondary N) is 2. The van der Waals surface area contributed by atoms with Crippen LogP contribution in [0.5, 0.6) is 0 Å². The van der Waals surface area contributed by atoms with Crippen LogP contribution in [0, 0.1) is 5.82 Å². The summed E-state index contributed by atoms with van der Waals surface area (Å²) in [6.45, 7) is -0.179. The zero-order chi connectivity index (χ0) is 17.7. The van der Waals surface area contributed by atoms with Crippen molar-refractivity contribution < 1.29 is 25.2 Å². The minimum Gasteiger partial charge on any atom is -0.356 e. The van der Waals surface area contributed by atoms with Gasteiger partial charge in [0.2, 0.25) is 5.91 Å². The van der Waals surface area contributed by atoms with Crippen molar-refractivity contribution in [2.75, 3.05) is 11.9 Å². The smallest absolute Gasteiger partial charge is 0.356 e. The van der Waals surface area contributed by atoms with Crippen molar-refractivity contribution in [3.05, 3.63) is 36.5 Å². The number of halogens is 4. The van der Waals surface area contributed by atoms with E-state index in [-0.39, 0.29) is 14.5 Å². The van der Waals surface area contributed by atoms with E-state index in [4.69, 9.17) is 0 Å². The Balaban J connectivity index is 0.00000312. The highest BCUT2D eigenvalue weighted by Crippen LogP contribution is 2.18. The molecule has 2 aromatic heterocycles. The van der Waals surface area contributed by atoms with E-state index >= 15 is 0 Å². The van der Waals surface area contributed by atoms with Gasteiger partial charge in [-0.3, -0.25) is 9.78 Å². The second-order valence-corrected chi connectivity index (χ2v) is 4.83. The van der Waals surface area contributed by atoms with Crippen molar-refractivity contribution in [2.24, 2.45) is 0 Å². The molecular weight excluding hydrogens is 330 g/mol. The maximum Gasteiger partial charge on any atom is 0.405 e. The predicted octanol–water partition coefficient (Wildman–Crippen LogP) is 2.65. The molecule has 0 fully saturated rings. The molecule has 132 valence electrons. The average molecular weight is 347 g/mol. The van der Waals surface area contributed by atoms with E-state index in [0.717, 1.165) is 6.20 Å². The van der Waals surface area contributed by atoms with Crippen LogP contribution in [0.2, 0.25) is 0 Å². The van der Waals surface area contributed by atoms with Crippen molar-refractivity contribution in [1.29, 1.82) is 0 Å². The van der Waals surface area contributed by atoms with Gasteiger partial charge in [-0.05, 0) is 19.1 Å². The summed E-state index contributed by atoms with van der Waals surface area (Å²) in [5, 5.41) is 4.14. The third-order valence-corrected chi connectivity index (χ3v) is 2.87. The Kier molecular flexibility index (Phi) is 5.27. The van der Waals surface area contributed by atoms with Crippen LogP contribution in [0.4, 0.5) is 23.4 Å². The van der Waals surface area contributed by atoms with Crippen LogP contribution >= 0.6 is 0 Å². The van der Waals surface area contributed by atoms with Gasteiger partial charge in [-0.2, -0.15) is 13.2 Å². The predicted molar refractivity (Wildman–Crippen MR) is 81.6 cm³/mol. The average Bonchev–Trinajstić information content (AvgIpc) is 2.54. The number of rotatable bonds is 5. The van der Waals surface area contributed by atoms with Gasteiger partial charge in [0.25, 0.3) is 0 Å². The summed E-state index contributed by atoms with van der Waals surface area (Å²) in [7, 11) is 0. The third kappa shape index (κ3) is 4.86. The molecule has 2 heterocycles. The van der Waals surface area contributed by atoms with Crippen LogP contribution in [0.15, 0.2) is 30.7 Å². The molecule has 2 rings (SSSR count). The zero-order valence-corrected chi connectivity index (χ0v) is 12.4. The van der Waals surface area contributed by atoms with Crippen LogP contribution in [0.3, 0.4) is 0 Å². The molecule has 0 aromatic carbocycles. The summed E-state index contributed by atoms with van der Waals surface area (Å²) in [5.41, 5.74) is 0.523. The molecule has 2 N–H and O–H groups in total.